The molecule has 0 bridgehead atoms. The van der Waals surface area contributed by atoms with Crippen LogP contribution in [-0.4, -0.2) is 89.1 Å². The molecule has 1 aromatic heterocycles. The molecule has 2 aliphatic heterocycles. The number of hydrogen-bond donors (Lipinski definition) is 3. The Morgan fingerprint density at radius 1 is 1.13 bits per heavy atom. The van der Waals surface area contributed by atoms with Crippen LogP contribution < -0.4 is 26.2 Å². The van der Waals surface area contributed by atoms with E-state index in [-0.39, 0.29) is 29.9 Å². The minimum absolute atomic E-state index is 0.0834. The Bertz CT molecular complexity index is 1450. The number of rotatable bonds is 10. The lowest BCUT2D eigenvalue weighted by molar-refractivity contribution is -0.156. The van der Waals surface area contributed by atoms with Gasteiger partial charge in [-0.2, -0.15) is 4.98 Å². The number of aryl methyl sites for hydroxylation is 1. The van der Waals surface area contributed by atoms with Crippen molar-refractivity contribution in [2.24, 2.45) is 5.73 Å². The highest BCUT2D eigenvalue weighted by atomic mass is 16.6. The third-order valence-corrected chi connectivity index (χ3v) is 9.54. The number of anilines is 4. The summed E-state index contributed by atoms with van der Waals surface area (Å²) >= 11 is 0. The van der Waals surface area contributed by atoms with Crippen molar-refractivity contribution >= 4 is 40.9 Å². The summed E-state index contributed by atoms with van der Waals surface area (Å²) in [5.74, 6) is 0.887. The molecule has 2 amide bonds. The lowest BCUT2D eigenvalue weighted by atomic mass is 10.0. The van der Waals surface area contributed by atoms with Crippen LogP contribution in [0.25, 0.3) is 0 Å². The molecule has 3 aliphatic rings. The van der Waals surface area contributed by atoms with Crippen molar-refractivity contribution in [2.75, 3.05) is 41.8 Å². The number of nitrogens with one attached hydrogen (secondary N) is 2. The number of likely N-dealkylation sites (N-methyl/N-ethyl adjacent to an activating group) is 1. The van der Waals surface area contributed by atoms with Crippen molar-refractivity contribution < 1.29 is 19.1 Å². The second kappa shape index (κ2) is 14.6. The van der Waals surface area contributed by atoms with E-state index < -0.39 is 11.6 Å². The maximum atomic E-state index is 13.2. The van der Waals surface area contributed by atoms with Gasteiger partial charge in [0, 0.05) is 50.0 Å². The van der Waals surface area contributed by atoms with Crippen molar-refractivity contribution in [1.82, 2.24) is 20.2 Å². The van der Waals surface area contributed by atoms with Crippen LogP contribution in [0.15, 0.2) is 24.4 Å². The summed E-state index contributed by atoms with van der Waals surface area (Å²) in [6, 6.07) is 5.11. The molecule has 2 atom stereocenters. The van der Waals surface area contributed by atoms with Gasteiger partial charge in [0.1, 0.15) is 23.4 Å². The van der Waals surface area contributed by atoms with E-state index in [0.717, 1.165) is 87.3 Å². The fourth-order valence-electron chi connectivity index (χ4n) is 6.90. The second-order valence-corrected chi connectivity index (χ2v) is 14.2. The van der Waals surface area contributed by atoms with Gasteiger partial charge in [-0.05, 0) is 90.0 Å². The number of carbonyl (C=O) groups excluding carboxylic acids is 3. The number of nitrogens with two attached hydrogens (primary N) is 1. The molecule has 47 heavy (non-hydrogen) atoms. The third-order valence-electron chi connectivity index (χ3n) is 9.54. The molecule has 5 rings (SSSR count). The Morgan fingerprint density at radius 2 is 1.83 bits per heavy atom. The number of benzene rings is 1. The predicted octanol–water partition coefficient (Wildman–Crippen LogP) is 4.29. The van der Waals surface area contributed by atoms with Crippen LogP contribution >= 0.6 is 0 Å². The lowest BCUT2D eigenvalue weighted by Crippen LogP contribution is -2.55. The number of carbonyl (C=O) groups is 3. The molecule has 2 aromatic rings. The number of fused-ring (bicyclic) bond motifs is 1. The van der Waals surface area contributed by atoms with Gasteiger partial charge in [-0.25, -0.2) is 4.98 Å². The van der Waals surface area contributed by atoms with Crippen LogP contribution in [0, 0.1) is 6.92 Å². The fraction of sp³-hybridized carbons (Fsp3) is 0.629. The number of amides is 2. The molecule has 0 unspecified atom stereocenters. The minimum Gasteiger partial charge on any atom is -0.459 e. The van der Waals surface area contributed by atoms with Gasteiger partial charge < -0.3 is 35.8 Å². The number of likely N-dealkylation sites (tertiary alicyclic amines) is 1. The van der Waals surface area contributed by atoms with Gasteiger partial charge in [0.2, 0.25) is 11.9 Å². The van der Waals surface area contributed by atoms with Gasteiger partial charge >= 0.3 is 5.97 Å². The highest BCUT2D eigenvalue weighted by Gasteiger charge is 2.41. The first-order chi connectivity index (χ1) is 22.3. The van der Waals surface area contributed by atoms with E-state index >= 15 is 0 Å². The molecule has 3 heterocycles. The van der Waals surface area contributed by atoms with Crippen LogP contribution in [0.5, 0.6) is 0 Å². The van der Waals surface area contributed by atoms with Gasteiger partial charge in [0.25, 0.3) is 5.91 Å². The Hall–Kier alpha value is -3.77. The summed E-state index contributed by atoms with van der Waals surface area (Å²) in [6.45, 7) is 11.9. The third kappa shape index (κ3) is 8.21. The van der Waals surface area contributed by atoms with Crippen LogP contribution in [-0.2, 0) is 14.3 Å². The van der Waals surface area contributed by atoms with E-state index in [9.17, 15) is 14.4 Å². The van der Waals surface area contributed by atoms with Crippen molar-refractivity contribution in [3.05, 3.63) is 35.5 Å². The summed E-state index contributed by atoms with van der Waals surface area (Å²) in [5, 5.41) is 6.55. The lowest BCUT2D eigenvalue weighted by Gasteiger charge is -2.43. The maximum absolute atomic E-state index is 13.2. The Kier molecular flexibility index (Phi) is 10.7. The summed E-state index contributed by atoms with van der Waals surface area (Å²) in [5.41, 5.74) is 8.56. The topological polar surface area (TPSA) is 146 Å². The number of ether oxygens (including phenoxy) is 1. The normalized spacial score (nSPS) is 20.2. The first-order valence-corrected chi connectivity index (χ1v) is 17.2. The Labute approximate surface area is 278 Å². The first kappa shape index (κ1) is 34.6. The van der Waals surface area contributed by atoms with Gasteiger partial charge in [-0.1, -0.05) is 19.8 Å². The summed E-state index contributed by atoms with van der Waals surface area (Å²) in [6.07, 6.45) is 9.11. The molecule has 1 saturated heterocycles. The fourth-order valence-corrected chi connectivity index (χ4v) is 6.90. The van der Waals surface area contributed by atoms with Crippen molar-refractivity contribution in [3.8, 4) is 0 Å². The van der Waals surface area contributed by atoms with Gasteiger partial charge in [0.05, 0.1) is 6.20 Å². The molecule has 12 nitrogen and oxygen atoms in total. The highest BCUT2D eigenvalue weighted by molar-refractivity contribution is 6.04. The number of nitrogens with zero attached hydrogens (tertiary/aromatic N) is 5. The molecular formula is C35H52N8O4. The smallest absolute Gasteiger partial charge is 0.323 e. The summed E-state index contributed by atoms with van der Waals surface area (Å²) in [7, 11) is 1.80. The first-order valence-electron chi connectivity index (χ1n) is 17.2. The zero-order valence-corrected chi connectivity index (χ0v) is 28.8. The maximum Gasteiger partial charge on any atom is 0.323 e. The SMILES string of the molecule is CC[C@@H]1C(=O)N(C)c2cnc(Nc3ccc(C(=O)NC4CCN(CC[C@H](N)C(=O)OC(C)(C)C)CC4)cc3C)nc2N1C1CCCC1. The molecule has 12 heteroatoms. The average Bonchev–Trinajstić information content (AvgIpc) is 3.57. The van der Waals surface area contributed by atoms with Crippen molar-refractivity contribution in [3.63, 3.8) is 0 Å². The summed E-state index contributed by atoms with van der Waals surface area (Å²) in [4.78, 5) is 54.3. The van der Waals surface area contributed by atoms with E-state index in [0.29, 0.717) is 24.0 Å². The second-order valence-electron chi connectivity index (χ2n) is 14.2. The molecule has 256 valence electrons. The van der Waals surface area contributed by atoms with Crippen LogP contribution in [0.2, 0.25) is 0 Å². The van der Waals surface area contributed by atoms with Gasteiger partial charge in [-0.3, -0.25) is 14.4 Å². The van der Waals surface area contributed by atoms with Crippen LogP contribution in [0.3, 0.4) is 0 Å². The number of piperidine rings is 1. The van der Waals surface area contributed by atoms with E-state index in [1.54, 1.807) is 18.1 Å². The minimum atomic E-state index is -0.640. The molecular weight excluding hydrogens is 596 g/mol. The average molecular weight is 649 g/mol. The Morgan fingerprint density at radius 3 is 2.47 bits per heavy atom. The number of aromatic nitrogens is 2. The largest absolute Gasteiger partial charge is 0.459 e. The number of hydrogen-bond acceptors (Lipinski definition) is 10. The molecule has 1 aromatic carbocycles. The van der Waals surface area contributed by atoms with Crippen molar-refractivity contribution in [2.45, 2.75) is 116 Å². The molecule has 0 spiro atoms. The zero-order valence-electron chi connectivity index (χ0n) is 28.8. The van der Waals surface area contributed by atoms with Crippen molar-refractivity contribution in [1.29, 1.82) is 0 Å². The zero-order chi connectivity index (χ0) is 33.9. The van der Waals surface area contributed by atoms with Crippen LogP contribution in [0.4, 0.5) is 23.1 Å². The molecule has 0 radical (unpaired) electrons. The summed E-state index contributed by atoms with van der Waals surface area (Å²) < 4.78 is 5.39. The number of esters is 1. The predicted molar refractivity (Wildman–Crippen MR) is 184 cm³/mol. The van der Waals surface area contributed by atoms with Crippen LogP contribution in [0.1, 0.15) is 95.0 Å². The van der Waals surface area contributed by atoms with E-state index in [1.807, 2.05) is 45.9 Å². The quantitative estimate of drug-likeness (QED) is 0.319. The monoisotopic (exact) mass is 648 g/mol. The molecule has 2 fully saturated rings. The highest BCUT2D eigenvalue weighted by Crippen LogP contribution is 2.40. The van der Waals surface area contributed by atoms with E-state index in [2.05, 4.69) is 32.3 Å². The standard InChI is InChI=1S/C35H52N8O4/c1-7-28-32(45)41(6)29-21-37-34(40-30(29)43(28)25-10-8-9-11-25)39-27-13-12-23(20-22(27)2)31(44)38-24-14-17-42(18-15-24)19-16-26(36)33(46)47-35(3,4)5/h12-13,20-21,24-26,28H,7-11,14-19,36H2,1-6H3,(H,38,44)(H,37,39,40)/t26-,28+/m0/s1. The molecule has 4 N–H and O–H groups in total. The van der Waals surface area contributed by atoms with E-state index in [1.165, 1.54) is 0 Å². The Balaban J connectivity index is 1.16. The molecule has 1 aliphatic carbocycles. The van der Waals surface area contributed by atoms with Gasteiger partial charge in [-0.15, -0.1) is 0 Å². The van der Waals surface area contributed by atoms with E-state index in [4.69, 9.17) is 15.5 Å². The van der Waals surface area contributed by atoms with Gasteiger partial charge in [0.15, 0.2) is 5.82 Å². The molecule has 1 saturated carbocycles.